The number of nitro groups is 1. The average Bonchev–Trinajstić information content (AvgIpc) is 2.42. The summed E-state index contributed by atoms with van der Waals surface area (Å²) in [6, 6.07) is 7.75. The smallest absolute Gasteiger partial charge is 0.269 e. The number of β-lactam (4-membered cyclic amide) rings is 1. The number of nitriles is 1. The lowest BCUT2D eigenvalue weighted by Crippen LogP contribution is -2.54. The van der Waals surface area contributed by atoms with Crippen molar-refractivity contribution in [1.82, 2.24) is 4.90 Å². The number of hydrogen-bond donors (Lipinski definition) is 0. The minimum atomic E-state index is -0.673. The molecule has 1 aromatic carbocycles. The van der Waals surface area contributed by atoms with Crippen LogP contribution in [0.25, 0.3) is 0 Å². The van der Waals surface area contributed by atoms with Gasteiger partial charge in [-0.1, -0.05) is 19.1 Å². The summed E-state index contributed by atoms with van der Waals surface area (Å²) in [5.41, 5.74) is 0.773. The van der Waals surface area contributed by atoms with E-state index in [1.54, 1.807) is 17.0 Å². The van der Waals surface area contributed by atoms with Crippen LogP contribution in [0.2, 0.25) is 0 Å². The number of hydrogen-bond acceptors (Lipinski definition) is 4. The van der Waals surface area contributed by atoms with E-state index in [9.17, 15) is 14.9 Å². The van der Waals surface area contributed by atoms with Gasteiger partial charge in [0.15, 0.2) is 0 Å². The van der Waals surface area contributed by atoms with E-state index in [2.05, 4.69) is 0 Å². The molecule has 0 bridgehead atoms. The van der Waals surface area contributed by atoms with Gasteiger partial charge in [0.05, 0.1) is 17.0 Å². The summed E-state index contributed by atoms with van der Waals surface area (Å²) in [4.78, 5) is 23.5. The molecule has 0 radical (unpaired) electrons. The van der Waals surface area contributed by atoms with Crippen LogP contribution in [0, 0.1) is 27.4 Å². The Morgan fingerprint density at radius 1 is 1.42 bits per heavy atom. The Kier molecular flexibility index (Phi) is 3.47. The van der Waals surface area contributed by atoms with Crippen molar-refractivity contribution in [1.29, 1.82) is 5.26 Å². The first kappa shape index (κ1) is 13.0. The van der Waals surface area contributed by atoms with E-state index in [0.29, 0.717) is 6.54 Å². The van der Waals surface area contributed by atoms with Crippen molar-refractivity contribution in [2.75, 3.05) is 6.54 Å². The Hall–Kier alpha value is -2.42. The van der Waals surface area contributed by atoms with Crippen LogP contribution in [0.4, 0.5) is 5.69 Å². The van der Waals surface area contributed by atoms with Gasteiger partial charge in [0.25, 0.3) is 5.69 Å². The van der Waals surface area contributed by atoms with Gasteiger partial charge in [0.2, 0.25) is 5.91 Å². The molecule has 0 aliphatic carbocycles. The third-order valence-corrected chi connectivity index (χ3v) is 3.25. The van der Waals surface area contributed by atoms with Crippen LogP contribution in [-0.4, -0.2) is 22.3 Å². The monoisotopic (exact) mass is 259 g/mol. The quantitative estimate of drug-likeness (QED) is 0.470. The van der Waals surface area contributed by atoms with Crippen LogP contribution < -0.4 is 0 Å². The van der Waals surface area contributed by atoms with E-state index >= 15 is 0 Å². The molecule has 2 atom stereocenters. The van der Waals surface area contributed by atoms with Crippen molar-refractivity contribution < 1.29 is 9.72 Å². The van der Waals surface area contributed by atoms with Gasteiger partial charge < -0.3 is 4.90 Å². The SMILES string of the molecule is CCCN1C(=O)[C@H](C#N)[C@@H]1c1ccc([N+](=O)[O-])cc1. The van der Waals surface area contributed by atoms with Gasteiger partial charge in [-0.05, 0) is 12.0 Å². The van der Waals surface area contributed by atoms with Crippen molar-refractivity contribution >= 4 is 11.6 Å². The molecule has 1 fully saturated rings. The fraction of sp³-hybridized carbons (Fsp3) is 0.385. The van der Waals surface area contributed by atoms with Gasteiger partial charge in [-0.15, -0.1) is 0 Å². The van der Waals surface area contributed by atoms with Gasteiger partial charge in [-0.25, -0.2) is 0 Å². The lowest BCUT2D eigenvalue weighted by Gasteiger charge is -2.44. The lowest BCUT2D eigenvalue weighted by atomic mass is 9.83. The van der Waals surface area contributed by atoms with Crippen LogP contribution in [0.1, 0.15) is 24.9 Å². The summed E-state index contributed by atoms with van der Waals surface area (Å²) in [6.45, 7) is 2.55. The number of carbonyl (C=O) groups is 1. The van der Waals surface area contributed by atoms with E-state index in [1.807, 2.05) is 13.0 Å². The molecule has 98 valence electrons. The number of nitrogens with zero attached hydrogens (tertiary/aromatic N) is 3. The zero-order valence-corrected chi connectivity index (χ0v) is 10.4. The van der Waals surface area contributed by atoms with Crippen LogP contribution in [0.5, 0.6) is 0 Å². The lowest BCUT2D eigenvalue weighted by molar-refractivity contribution is -0.384. The van der Waals surface area contributed by atoms with E-state index < -0.39 is 10.8 Å². The Morgan fingerprint density at radius 3 is 2.53 bits per heavy atom. The van der Waals surface area contributed by atoms with E-state index in [1.165, 1.54) is 12.1 Å². The highest BCUT2D eigenvalue weighted by molar-refractivity contribution is 5.89. The van der Waals surface area contributed by atoms with Crippen molar-refractivity contribution in [3.63, 3.8) is 0 Å². The molecule has 0 spiro atoms. The second kappa shape index (κ2) is 5.06. The van der Waals surface area contributed by atoms with Gasteiger partial charge in [0.1, 0.15) is 5.92 Å². The number of likely N-dealkylation sites (tertiary alicyclic amines) is 1. The average molecular weight is 259 g/mol. The topological polar surface area (TPSA) is 87.2 Å². The standard InChI is InChI=1S/C13H13N3O3/c1-2-7-15-12(11(8-14)13(15)17)9-3-5-10(6-4-9)16(18)19/h3-6,11-12H,2,7H2,1H3/t11-,12+/m1/s1. The molecule has 0 N–H and O–H groups in total. The molecule has 2 rings (SSSR count). The van der Waals surface area contributed by atoms with E-state index in [4.69, 9.17) is 5.26 Å². The Balaban J connectivity index is 2.26. The largest absolute Gasteiger partial charge is 0.333 e. The highest BCUT2D eigenvalue weighted by atomic mass is 16.6. The van der Waals surface area contributed by atoms with Crippen LogP contribution >= 0.6 is 0 Å². The maximum absolute atomic E-state index is 11.7. The summed E-state index contributed by atoms with van der Waals surface area (Å²) < 4.78 is 0. The van der Waals surface area contributed by atoms with Crippen molar-refractivity contribution in [2.45, 2.75) is 19.4 Å². The van der Waals surface area contributed by atoms with Crippen molar-refractivity contribution in [2.24, 2.45) is 5.92 Å². The van der Waals surface area contributed by atoms with Crippen LogP contribution in [-0.2, 0) is 4.79 Å². The Labute approximate surface area is 110 Å². The third kappa shape index (κ3) is 2.15. The maximum atomic E-state index is 11.7. The summed E-state index contributed by atoms with van der Waals surface area (Å²) in [7, 11) is 0. The number of carbonyl (C=O) groups excluding carboxylic acids is 1. The second-order valence-corrected chi connectivity index (χ2v) is 4.43. The number of amides is 1. The van der Waals surface area contributed by atoms with Gasteiger partial charge >= 0.3 is 0 Å². The minimum Gasteiger partial charge on any atom is -0.333 e. The molecule has 1 saturated heterocycles. The Morgan fingerprint density at radius 2 is 2.05 bits per heavy atom. The normalized spacial score (nSPS) is 21.7. The number of benzene rings is 1. The zero-order valence-electron chi connectivity index (χ0n) is 10.4. The van der Waals surface area contributed by atoms with Gasteiger partial charge in [-0.3, -0.25) is 14.9 Å². The predicted molar refractivity (Wildman–Crippen MR) is 66.9 cm³/mol. The molecule has 6 nitrogen and oxygen atoms in total. The van der Waals surface area contributed by atoms with Crippen LogP contribution in [0.3, 0.4) is 0 Å². The fourth-order valence-corrected chi connectivity index (χ4v) is 2.33. The molecular weight excluding hydrogens is 246 g/mol. The van der Waals surface area contributed by atoms with Crippen molar-refractivity contribution in [3.05, 3.63) is 39.9 Å². The van der Waals surface area contributed by atoms with Crippen molar-refractivity contribution in [3.8, 4) is 6.07 Å². The molecule has 0 unspecified atom stereocenters. The van der Waals surface area contributed by atoms with E-state index in [0.717, 1.165) is 12.0 Å². The summed E-state index contributed by atoms with van der Waals surface area (Å²) >= 11 is 0. The molecule has 0 aromatic heterocycles. The van der Waals surface area contributed by atoms with E-state index in [-0.39, 0.29) is 17.6 Å². The number of rotatable bonds is 4. The molecule has 1 heterocycles. The summed E-state index contributed by atoms with van der Waals surface area (Å²) in [5.74, 6) is -0.833. The fourth-order valence-electron chi connectivity index (χ4n) is 2.33. The highest BCUT2D eigenvalue weighted by Gasteiger charge is 2.47. The number of non-ortho nitro benzene ring substituents is 1. The predicted octanol–water partition coefficient (Wildman–Crippen LogP) is 2.03. The van der Waals surface area contributed by atoms with Gasteiger partial charge in [0, 0.05) is 18.7 Å². The third-order valence-electron chi connectivity index (χ3n) is 3.25. The molecule has 1 aromatic rings. The summed E-state index contributed by atoms with van der Waals surface area (Å²) in [5, 5.41) is 19.6. The zero-order chi connectivity index (χ0) is 14.0. The van der Waals surface area contributed by atoms with Gasteiger partial charge in [-0.2, -0.15) is 5.26 Å². The maximum Gasteiger partial charge on any atom is 0.269 e. The second-order valence-electron chi connectivity index (χ2n) is 4.43. The molecule has 6 heteroatoms. The van der Waals surface area contributed by atoms with Crippen LogP contribution in [0.15, 0.2) is 24.3 Å². The molecule has 1 amide bonds. The molecule has 1 aliphatic heterocycles. The molecular formula is C13H13N3O3. The minimum absolute atomic E-state index is 0.00458. The molecule has 19 heavy (non-hydrogen) atoms. The number of nitro benzene ring substituents is 1. The summed E-state index contributed by atoms with van der Waals surface area (Å²) in [6.07, 6.45) is 0.813. The Bertz CT molecular complexity index is 547. The first-order valence-electron chi connectivity index (χ1n) is 6.04. The first-order chi connectivity index (χ1) is 9.10. The molecule has 0 saturated carbocycles. The molecule has 1 aliphatic rings. The first-order valence-corrected chi connectivity index (χ1v) is 6.04. The highest BCUT2D eigenvalue weighted by Crippen LogP contribution is 2.39.